The normalized spacial score (nSPS) is 11.8. The lowest BCUT2D eigenvalue weighted by atomic mass is 10.2. The average molecular weight is 231 g/mol. The fraction of sp³-hybridized carbons (Fsp3) is 0.400. The summed E-state index contributed by atoms with van der Waals surface area (Å²) in [5.74, 6) is -0.345. The van der Waals surface area contributed by atoms with Gasteiger partial charge in [-0.1, -0.05) is 0 Å². The number of halogens is 1. The molecule has 0 aliphatic rings. The molecule has 0 saturated heterocycles. The van der Waals surface area contributed by atoms with Crippen molar-refractivity contribution in [1.29, 1.82) is 0 Å². The van der Waals surface area contributed by atoms with E-state index < -0.39 is 15.3 Å². The van der Waals surface area contributed by atoms with Gasteiger partial charge in [0.1, 0.15) is 5.82 Å². The van der Waals surface area contributed by atoms with Crippen LogP contribution < -0.4 is 4.72 Å². The van der Waals surface area contributed by atoms with Crippen LogP contribution in [0.4, 0.5) is 10.1 Å². The highest BCUT2D eigenvalue weighted by molar-refractivity contribution is 7.93. The Hall–Kier alpha value is -1.10. The first-order valence-electron chi connectivity index (χ1n) is 4.60. The second-order valence-electron chi connectivity index (χ2n) is 3.66. The summed E-state index contributed by atoms with van der Waals surface area (Å²) in [6.07, 6.45) is 0. The minimum Gasteiger partial charge on any atom is -0.283 e. The predicted molar refractivity (Wildman–Crippen MR) is 58.8 cm³/mol. The number of anilines is 1. The second kappa shape index (κ2) is 4.18. The molecule has 1 aromatic rings. The van der Waals surface area contributed by atoms with Gasteiger partial charge in [-0.05, 0) is 44.5 Å². The summed E-state index contributed by atoms with van der Waals surface area (Å²) in [5, 5.41) is -0.511. The topological polar surface area (TPSA) is 46.2 Å². The molecular weight excluding hydrogens is 217 g/mol. The first-order valence-corrected chi connectivity index (χ1v) is 6.15. The number of hydrogen-bond acceptors (Lipinski definition) is 2. The summed E-state index contributed by atoms with van der Waals surface area (Å²) < 4.78 is 38.3. The van der Waals surface area contributed by atoms with Crippen LogP contribution in [0.15, 0.2) is 18.2 Å². The van der Waals surface area contributed by atoms with Gasteiger partial charge in [-0.3, -0.25) is 4.72 Å². The summed E-state index contributed by atoms with van der Waals surface area (Å²) in [4.78, 5) is 0. The van der Waals surface area contributed by atoms with Gasteiger partial charge in [-0.2, -0.15) is 0 Å². The monoisotopic (exact) mass is 231 g/mol. The molecule has 5 heteroatoms. The van der Waals surface area contributed by atoms with Gasteiger partial charge < -0.3 is 0 Å². The number of benzene rings is 1. The van der Waals surface area contributed by atoms with Crippen molar-refractivity contribution in [2.45, 2.75) is 26.0 Å². The van der Waals surface area contributed by atoms with E-state index in [-0.39, 0.29) is 5.82 Å². The number of nitrogens with one attached hydrogen (secondary N) is 1. The maximum absolute atomic E-state index is 12.9. The van der Waals surface area contributed by atoms with Crippen LogP contribution in [0.25, 0.3) is 0 Å². The standard InChI is InChI=1S/C10H14FNO2S/c1-7(2)15(13,14)12-9-4-5-10(11)8(3)6-9/h4-7,12H,1-3H3. The van der Waals surface area contributed by atoms with Crippen LogP contribution in [0.5, 0.6) is 0 Å². The van der Waals surface area contributed by atoms with Crippen LogP contribution in [-0.4, -0.2) is 13.7 Å². The van der Waals surface area contributed by atoms with Gasteiger partial charge in [0.05, 0.1) is 5.25 Å². The van der Waals surface area contributed by atoms with E-state index in [1.807, 2.05) is 0 Å². The molecule has 0 heterocycles. The zero-order chi connectivity index (χ0) is 11.6. The molecule has 0 fully saturated rings. The highest BCUT2D eigenvalue weighted by Gasteiger charge is 2.15. The minimum atomic E-state index is -3.35. The van der Waals surface area contributed by atoms with Crippen molar-refractivity contribution in [3.8, 4) is 0 Å². The Morgan fingerprint density at radius 3 is 2.40 bits per heavy atom. The molecule has 0 aliphatic carbocycles. The van der Waals surface area contributed by atoms with Crippen molar-refractivity contribution in [2.75, 3.05) is 4.72 Å². The van der Waals surface area contributed by atoms with E-state index in [0.717, 1.165) is 0 Å². The van der Waals surface area contributed by atoms with Gasteiger partial charge in [0.2, 0.25) is 10.0 Å². The molecule has 0 amide bonds. The van der Waals surface area contributed by atoms with Crippen LogP contribution in [0.1, 0.15) is 19.4 Å². The molecule has 0 unspecified atom stereocenters. The van der Waals surface area contributed by atoms with E-state index in [4.69, 9.17) is 0 Å². The van der Waals surface area contributed by atoms with Crippen LogP contribution in [0, 0.1) is 12.7 Å². The predicted octanol–water partition coefficient (Wildman–Crippen LogP) is 2.28. The van der Waals surface area contributed by atoms with E-state index in [0.29, 0.717) is 11.3 Å². The molecule has 0 atom stereocenters. The molecule has 0 bridgehead atoms. The maximum atomic E-state index is 12.9. The molecule has 0 aliphatic heterocycles. The zero-order valence-corrected chi connectivity index (χ0v) is 9.73. The Kier molecular flexibility index (Phi) is 3.34. The fourth-order valence-corrected chi connectivity index (χ4v) is 1.68. The van der Waals surface area contributed by atoms with Crippen molar-refractivity contribution >= 4 is 15.7 Å². The third kappa shape index (κ3) is 2.92. The molecule has 0 radical (unpaired) electrons. The van der Waals surface area contributed by atoms with E-state index >= 15 is 0 Å². The maximum Gasteiger partial charge on any atom is 0.235 e. The van der Waals surface area contributed by atoms with Crippen molar-refractivity contribution in [3.05, 3.63) is 29.6 Å². The number of aryl methyl sites for hydroxylation is 1. The molecule has 0 saturated carbocycles. The molecule has 84 valence electrons. The molecule has 1 N–H and O–H groups in total. The Morgan fingerprint density at radius 1 is 1.33 bits per heavy atom. The van der Waals surface area contributed by atoms with Gasteiger partial charge >= 0.3 is 0 Å². The largest absolute Gasteiger partial charge is 0.283 e. The molecule has 15 heavy (non-hydrogen) atoms. The highest BCUT2D eigenvalue weighted by atomic mass is 32.2. The molecular formula is C10H14FNO2S. The van der Waals surface area contributed by atoms with Crippen LogP contribution >= 0.6 is 0 Å². The van der Waals surface area contributed by atoms with Crippen molar-refractivity contribution in [2.24, 2.45) is 0 Å². The van der Waals surface area contributed by atoms with Crippen molar-refractivity contribution in [1.82, 2.24) is 0 Å². The number of sulfonamides is 1. The Labute approximate surface area is 89.4 Å². The van der Waals surface area contributed by atoms with E-state index in [1.54, 1.807) is 20.8 Å². The summed E-state index contributed by atoms with van der Waals surface area (Å²) in [5.41, 5.74) is 0.807. The minimum absolute atomic E-state index is 0.345. The lowest BCUT2D eigenvalue weighted by molar-refractivity contribution is 0.592. The molecule has 0 aromatic heterocycles. The smallest absolute Gasteiger partial charge is 0.235 e. The van der Waals surface area contributed by atoms with Gasteiger partial charge in [-0.15, -0.1) is 0 Å². The average Bonchev–Trinajstić information content (AvgIpc) is 2.10. The summed E-state index contributed by atoms with van der Waals surface area (Å²) in [6.45, 7) is 4.75. The zero-order valence-electron chi connectivity index (χ0n) is 8.91. The Morgan fingerprint density at radius 2 is 1.93 bits per heavy atom. The van der Waals surface area contributed by atoms with Crippen LogP contribution in [-0.2, 0) is 10.0 Å². The third-order valence-corrected chi connectivity index (χ3v) is 3.80. The van der Waals surface area contributed by atoms with Gasteiger partial charge in [0.15, 0.2) is 0 Å². The summed E-state index contributed by atoms with van der Waals surface area (Å²) >= 11 is 0. The highest BCUT2D eigenvalue weighted by Crippen LogP contribution is 2.16. The lowest BCUT2D eigenvalue weighted by Gasteiger charge is -2.11. The molecule has 3 nitrogen and oxygen atoms in total. The molecule has 0 spiro atoms. The lowest BCUT2D eigenvalue weighted by Crippen LogP contribution is -2.22. The Balaban J connectivity index is 2.96. The Bertz CT molecular complexity index is 454. The third-order valence-electron chi connectivity index (χ3n) is 2.04. The first kappa shape index (κ1) is 12.0. The second-order valence-corrected chi connectivity index (χ2v) is 5.90. The molecule has 1 rings (SSSR count). The fourth-order valence-electron chi connectivity index (χ4n) is 0.990. The first-order chi connectivity index (χ1) is 6.83. The van der Waals surface area contributed by atoms with Crippen LogP contribution in [0.3, 0.4) is 0 Å². The SMILES string of the molecule is Cc1cc(NS(=O)(=O)C(C)C)ccc1F. The van der Waals surface area contributed by atoms with Crippen LogP contribution in [0.2, 0.25) is 0 Å². The molecule has 1 aromatic carbocycles. The van der Waals surface area contributed by atoms with Gasteiger partial charge in [0.25, 0.3) is 0 Å². The van der Waals surface area contributed by atoms with Crippen molar-refractivity contribution < 1.29 is 12.8 Å². The summed E-state index contributed by atoms with van der Waals surface area (Å²) in [6, 6.07) is 4.12. The quantitative estimate of drug-likeness (QED) is 0.867. The van der Waals surface area contributed by atoms with Crippen molar-refractivity contribution in [3.63, 3.8) is 0 Å². The van der Waals surface area contributed by atoms with E-state index in [9.17, 15) is 12.8 Å². The summed E-state index contributed by atoms with van der Waals surface area (Å²) in [7, 11) is -3.35. The van der Waals surface area contributed by atoms with Gasteiger partial charge in [-0.25, -0.2) is 12.8 Å². The van der Waals surface area contributed by atoms with E-state index in [2.05, 4.69) is 4.72 Å². The van der Waals surface area contributed by atoms with E-state index in [1.165, 1.54) is 18.2 Å². The number of rotatable bonds is 3. The van der Waals surface area contributed by atoms with Gasteiger partial charge in [0, 0.05) is 5.69 Å². The number of hydrogen-bond donors (Lipinski definition) is 1.